The summed E-state index contributed by atoms with van der Waals surface area (Å²) < 4.78 is 13.3. The number of fused-ring (bicyclic) bond motifs is 1. The number of amides is 1. The zero-order chi connectivity index (χ0) is 37.0. The zero-order valence-electron chi connectivity index (χ0n) is 30.3. The molecule has 3 heterocycles. The number of carbonyl (C=O) groups excluding carboxylic acids is 2. The molecule has 0 aliphatic carbocycles. The van der Waals surface area contributed by atoms with Crippen molar-refractivity contribution in [2.45, 2.75) is 51.0 Å². The fraction of sp³-hybridized carbons (Fsp3) is 0.364. The molecule has 0 radical (unpaired) electrons. The van der Waals surface area contributed by atoms with Crippen LogP contribution in [0.2, 0.25) is 0 Å². The summed E-state index contributed by atoms with van der Waals surface area (Å²) in [5, 5.41) is 11.5. The molecular formula is C44H45FN6O2. The van der Waals surface area contributed by atoms with Gasteiger partial charge in [-0.1, -0.05) is 36.4 Å². The molecule has 3 aliphatic rings. The van der Waals surface area contributed by atoms with E-state index in [0.29, 0.717) is 30.1 Å². The van der Waals surface area contributed by atoms with Crippen molar-refractivity contribution in [3.63, 3.8) is 0 Å². The number of carbonyl (C=O) groups is 2. The number of allylic oxidation sites excluding steroid dienone is 2. The van der Waals surface area contributed by atoms with E-state index >= 15 is 0 Å². The Balaban J connectivity index is 0.959. The van der Waals surface area contributed by atoms with Crippen LogP contribution in [-0.4, -0.2) is 73.0 Å². The molecule has 0 atom stereocenters. The van der Waals surface area contributed by atoms with Crippen molar-refractivity contribution in [1.82, 2.24) is 9.80 Å². The highest BCUT2D eigenvalue weighted by molar-refractivity contribution is 5.96. The summed E-state index contributed by atoms with van der Waals surface area (Å²) in [5.74, 6) is 0.364. The molecule has 3 aliphatic heterocycles. The summed E-state index contributed by atoms with van der Waals surface area (Å²) >= 11 is 0. The van der Waals surface area contributed by atoms with Crippen molar-refractivity contribution in [2.75, 3.05) is 55.7 Å². The van der Waals surface area contributed by atoms with Crippen molar-refractivity contribution in [3.05, 3.63) is 125 Å². The van der Waals surface area contributed by atoms with Gasteiger partial charge in [-0.15, -0.1) is 0 Å². The number of para-hydroxylation sites is 1. The molecule has 0 N–H and O–H groups in total. The van der Waals surface area contributed by atoms with Crippen LogP contribution in [0.1, 0.15) is 61.4 Å². The van der Waals surface area contributed by atoms with Gasteiger partial charge in [0.15, 0.2) is 5.78 Å². The van der Waals surface area contributed by atoms with E-state index in [-0.39, 0.29) is 23.2 Å². The van der Waals surface area contributed by atoms with Gasteiger partial charge in [-0.2, -0.15) is 0 Å². The normalized spacial score (nSPS) is 18.3. The molecule has 3 fully saturated rings. The van der Waals surface area contributed by atoms with Gasteiger partial charge in [0.05, 0.1) is 19.3 Å². The molecule has 0 bridgehead atoms. The van der Waals surface area contributed by atoms with Crippen LogP contribution in [-0.2, 0) is 4.79 Å². The maximum atomic E-state index is 14.4. The summed E-state index contributed by atoms with van der Waals surface area (Å²) in [6, 6.07) is 30.7. The third-order valence-electron chi connectivity index (χ3n) is 11.6. The highest BCUT2D eigenvalue weighted by Gasteiger charge is 2.53. The molecule has 7 rings (SSSR count). The molecule has 9 heteroatoms. The molecule has 0 saturated carbocycles. The average molecular weight is 709 g/mol. The SMILES string of the molecule is [C-]#[N+]C(C#N)=C(C)c1ccc2cc(N3CCC(CN4CN(c5ccccc5)C5(CCN(CCCC(=O)c6ccc(F)cc6)CC5)C4=O)CC3)ccc2c1. The van der Waals surface area contributed by atoms with Crippen molar-refractivity contribution >= 4 is 39.4 Å². The molecule has 3 saturated heterocycles. The van der Waals surface area contributed by atoms with Gasteiger partial charge in [0, 0.05) is 56.1 Å². The van der Waals surface area contributed by atoms with Crippen LogP contribution < -0.4 is 9.80 Å². The molecule has 270 valence electrons. The third-order valence-corrected chi connectivity index (χ3v) is 11.6. The van der Waals surface area contributed by atoms with Crippen LogP contribution in [0.3, 0.4) is 0 Å². The maximum absolute atomic E-state index is 14.4. The van der Waals surface area contributed by atoms with Gasteiger partial charge < -0.3 is 19.6 Å². The Bertz CT molecular complexity index is 2070. The molecule has 4 aromatic rings. The van der Waals surface area contributed by atoms with Gasteiger partial charge in [0.25, 0.3) is 5.70 Å². The summed E-state index contributed by atoms with van der Waals surface area (Å²) in [6.45, 7) is 14.7. The Morgan fingerprint density at radius 1 is 0.906 bits per heavy atom. The molecule has 53 heavy (non-hydrogen) atoms. The van der Waals surface area contributed by atoms with Gasteiger partial charge in [-0.25, -0.2) is 14.5 Å². The van der Waals surface area contributed by atoms with E-state index in [4.69, 9.17) is 6.57 Å². The number of hydrogen-bond acceptors (Lipinski definition) is 6. The van der Waals surface area contributed by atoms with Crippen molar-refractivity contribution in [1.29, 1.82) is 5.26 Å². The van der Waals surface area contributed by atoms with Crippen LogP contribution in [0.4, 0.5) is 15.8 Å². The van der Waals surface area contributed by atoms with E-state index < -0.39 is 5.54 Å². The quantitative estimate of drug-likeness (QED) is 0.0941. The average Bonchev–Trinajstić information content (AvgIpc) is 3.45. The van der Waals surface area contributed by atoms with Gasteiger partial charge in [0.1, 0.15) is 11.4 Å². The fourth-order valence-electron chi connectivity index (χ4n) is 8.41. The summed E-state index contributed by atoms with van der Waals surface area (Å²) in [5.41, 5.74) is 3.97. The summed E-state index contributed by atoms with van der Waals surface area (Å²) in [7, 11) is 0. The minimum atomic E-state index is -0.562. The van der Waals surface area contributed by atoms with Crippen LogP contribution in [0, 0.1) is 29.6 Å². The molecule has 0 unspecified atom stereocenters. The molecule has 1 amide bonds. The molecule has 4 aromatic carbocycles. The van der Waals surface area contributed by atoms with Gasteiger partial charge >= 0.3 is 0 Å². The van der Waals surface area contributed by atoms with Crippen molar-refractivity contribution < 1.29 is 14.0 Å². The number of anilines is 2. The lowest BCUT2D eigenvalue weighted by Gasteiger charge is -2.43. The number of hydrogen-bond donors (Lipinski definition) is 0. The first-order chi connectivity index (χ1) is 25.8. The first-order valence-electron chi connectivity index (χ1n) is 18.7. The lowest BCUT2D eigenvalue weighted by atomic mass is 9.85. The first kappa shape index (κ1) is 35.9. The van der Waals surface area contributed by atoms with Gasteiger partial charge in [-0.3, -0.25) is 9.59 Å². The number of nitrogens with zero attached hydrogens (tertiary/aromatic N) is 6. The maximum Gasteiger partial charge on any atom is 0.265 e. The first-order valence-corrected chi connectivity index (χ1v) is 18.7. The largest absolute Gasteiger partial charge is 0.371 e. The monoisotopic (exact) mass is 708 g/mol. The molecule has 0 aromatic heterocycles. The highest BCUT2D eigenvalue weighted by atomic mass is 19.1. The van der Waals surface area contributed by atoms with Gasteiger partial charge in [-0.05, 0) is 128 Å². The Morgan fingerprint density at radius 2 is 1.58 bits per heavy atom. The number of likely N-dealkylation sites (tertiary alicyclic amines) is 1. The minimum absolute atomic E-state index is 0.0336. The Hall–Kier alpha value is -5.51. The summed E-state index contributed by atoms with van der Waals surface area (Å²) in [6.07, 6.45) is 4.68. The number of ketones is 1. The Labute approximate surface area is 311 Å². The Morgan fingerprint density at radius 3 is 2.28 bits per heavy atom. The summed E-state index contributed by atoms with van der Waals surface area (Å²) in [4.78, 5) is 39.7. The van der Waals surface area contributed by atoms with Crippen molar-refractivity contribution in [2.24, 2.45) is 5.92 Å². The third kappa shape index (κ3) is 7.54. The number of Topliss-reactive ketones (excluding diaryl/α,β-unsaturated/α-hetero) is 1. The minimum Gasteiger partial charge on any atom is -0.371 e. The van der Waals surface area contributed by atoms with Gasteiger partial charge in [0.2, 0.25) is 5.91 Å². The van der Waals surface area contributed by atoms with E-state index in [0.717, 1.165) is 93.4 Å². The van der Waals surface area contributed by atoms with E-state index in [2.05, 4.69) is 60.8 Å². The second-order valence-corrected chi connectivity index (χ2v) is 14.7. The van der Waals surface area contributed by atoms with Crippen molar-refractivity contribution in [3.8, 4) is 6.07 Å². The van der Waals surface area contributed by atoms with E-state index in [1.54, 1.807) is 12.1 Å². The van der Waals surface area contributed by atoms with Crippen LogP contribution in [0.5, 0.6) is 0 Å². The van der Waals surface area contributed by atoms with Crippen LogP contribution in [0.25, 0.3) is 21.2 Å². The Kier molecular flexibility index (Phi) is 10.6. The molecule has 1 spiro atoms. The predicted molar refractivity (Wildman–Crippen MR) is 208 cm³/mol. The standard InChI is InChI=1S/C44H45FN6O2/c1-32(41(29-46)47-2)35-10-11-37-28-40(17-14-36(37)27-35)49-23-18-33(19-24-49)30-50-31-51(39-7-4-3-5-8-39)44(43(50)53)20-25-48(26-21-44)22-6-9-42(52)34-12-15-38(45)16-13-34/h3-5,7-8,10-17,27-28,33H,6,9,18-26,30-31H2,1H3. The second-order valence-electron chi connectivity index (χ2n) is 14.7. The zero-order valence-corrected chi connectivity index (χ0v) is 30.3. The lowest BCUT2D eigenvalue weighted by molar-refractivity contribution is -0.134. The second kappa shape index (κ2) is 15.6. The molecule has 8 nitrogen and oxygen atoms in total. The number of halogens is 1. The number of benzene rings is 4. The number of rotatable bonds is 10. The van der Waals surface area contributed by atoms with E-state index in [9.17, 15) is 19.2 Å². The van der Waals surface area contributed by atoms with Crippen LogP contribution in [0.15, 0.2) is 96.7 Å². The smallest absolute Gasteiger partial charge is 0.265 e. The van der Waals surface area contributed by atoms with Crippen LogP contribution >= 0.6 is 0 Å². The molecular weight excluding hydrogens is 664 g/mol. The number of nitriles is 1. The topological polar surface area (TPSA) is 75.2 Å². The van der Waals surface area contributed by atoms with E-state index in [1.807, 2.05) is 43.3 Å². The fourth-order valence-corrected chi connectivity index (χ4v) is 8.41. The number of piperidine rings is 2. The highest BCUT2D eigenvalue weighted by Crippen LogP contribution is 2.40. The predicted octanol–water partition coefficient (Wildman–Crippen LogP) is 8.17. The van der Waals surface area contributed by atoms with E-state index in [1.165, 1.54) is 17.8 Å². The lowest BCUT2D eigenvalue weighted by Crippen LogP contribution is -2.56.